The van der Waals surface area contributed by atoms with E-state index in [1.807, 2.05) is 0 Å². The van der Waals surface area contributed by atoms with E-state index in [0.717, 1.165) is 25.9 Å². The van der Waals surface area contributed by atoms with Crippen LogP contribution in [-0.4, -0.2) is 43.8 Å². The van der Waals surface area contributed by atoms with Crippen LogP contribution < -0.4 is 0 Å². The summed E-state index contributed by atoms with van der Waals surface area (Å²) in [6.07, 6.45) is 3.79. The van der Waals surface area contributed by atoms with Gasteiger partial charge in [0, 0.05) is 32.5 Å². The summed E-state index contributed by atoms with van der Waals surface area (Å²) in [6, 6.07) is 0. The summed E-state index contributed by atoms with van der Waals surface area (Å²) in [5, 5.41) is 0. The lowest BCUT2D eigenvalue weighted by molar-refractivity contribution is -0.144. The largest absolute Gasteiger partial charge is 0.466 e. The Morgan fingerprint density at radius 2 is 2.15 bits per heavy atom. The second-order valence-electron chi connectivity index (χ2n) is 5.74. The maximum Gasteiger partial charge on any atom is 0.306 e. The fraction of sp³-hybridized carbons (Fsp3) is 0.867. The Bertz CT molecular complexity index is 346. The van der Waals surface area contributed by atoms with E-state index in [0.29, 0.717) is 38.6 Å². The van der Waals surface area contributed by atoms with Gasteiger partial charge in [0.2, 0.25) is 0 Å². The van der Waals surface area contributed by atoms with E-state index in [2.05, 4.69) is 0 Å². The Morgan fingerprint density at radius 1 is 1.30 bits per heavy atom. The van der Waals surface area contributed by atoms with E-state index in [1.165, 1.54) is 0 Å². The van der Waals surface area contributed by atoms with Crippen LogP contribution >= 0.6 is 0 Å². The molecule has 2 saturated heterocycles. The Hall–Kier alpha value is -0.940. The summed E-state index contributed by atoms with van der Waals surface area (Å²) >= 11 is 0. The van der Waals surface area contributed by atoms with Crippen LogP contribution in [0.3, 0.4) is 0 Å². The minimum Gasteiger partial charge on any atom is -0.466 e. The quantitative estimate of drug-likeness (QED) is 0.697. The van der Waals surface area contributed by atoms with Gasteiger partial charge in [-0.05, 0) is 25.7 Å². The summed E-state index contributed by atoms with van der Waals surface area (Å²) in [4.78, 5) is 23.2. The predicted molar refractivity (Wildman–Crippen MR) is 72.3 cm³/mol. The number of carbonyl (C=O) groups is 2. The zero-order valence-corrected chi connectivity index (χ0v) is 12.2. The normalized spacial score (nSPS) is 29.6. The molecule has 0 aliphatic carbocycles. The smallest absolute Gasteiger partial charge is 0.306 e. The summed E-state index contributed by atoms with van der Waals surface area (Å²) in [7, 11) is 0. The van der Waals surface area contributed by atoms with Gasteiger partial charge in [-0.25, -0.2) is 0 Å². The Kier molecular flexibility index (Phi) is 5.54. The van der Waals surface area contributed by atoms with Gasteiger partial charge in [0.05, 0.1) is 25.2 Å². The number of hydrogen-bond acceptors (Lipinski definition) is 5. The number of Topliss-reactive ketones (excluding diaryl/α,β-unsaturated/α-hetero) is 1. The van der Waals surface area contributed by atoms with Crippen molar-refractivity contribution < 1.29 is 23.8 Å². The molecule has 2 rings (SSSR count). The maximum absolute atomic E-state index is 11.9. The first kappa shape index (κ1) is 15.4. The molecule has 0 aromatic carbocycles. The van der Waals surface area contributed by atoms with E-state index in [4.69, 9.17) is 14.2 Å². The fourth-order valence-electron chi connectivity index (χ4n) is 3.07. The molecule has 0 aromatic heterocycles. The van der Waals surface area contributed by atoms with Gasteiger partial charge >= 0.3 is 5.97 Å². The highest BCUT2D eigenvalue weighted by Gasteiger charge is 2.41. The molecular weight excluding hydrogens is 260 g/mol. The molecule has 2 fully saturated rings. The molecule has 0 aromatic rings. The van der Waals surface area contributed by atoms with Crippen molar-refractivity contribution in [3.05, 3.63) is 0 Å². The predicted octanol–water partition coefficient (Wildman–Crippen LogP) is 1.87. The standard InChI is InChI=1S/C15H24O5/c1-2-19-14(17)4-3-13(16)9-12-5-7-20-15(10-12)6-8-18-11-15/h12H,2-11H2,1H3. The van der Waals surface area contributed by atoms with Gasteiger partial charge in [0.25, 0.3) is 0 Å². The first-order valence-electron chi connectivity index (χ1n) is 7.52. The van der Waals surface area contributed by atoms with E-state index in [1.54, 1.807) is 6.92 Å². The molecule has 0 saturated carbocycles. The maximum atomic E-state index is 11.9. The third-order valence-electron chi connectivity index (χ3n) is 4.09. The number of esters is 1. The number of rotatable bonds is 6. The summed E-state index contributed by atoms with van der Waals surface area (Å²) in [5.74, 6) is 0.229. The molecule has 2 aliphatic heterocycles. The van der Waals surface area contributed by atoms with Gasteiger partial charge in [-0.15, -0.1) is 0 Å². The van der Waals surface area contributed by atoms with Crippen LogP contribution in [0.5, 0.6) is 0 Å². The topological polar surface area (TPSA) is 61.8 Å². The van der Waals surface area contributed by atoms with E-state index in [9.17, 15) is 9.59 Å². The monoisotopic (exact) mass is 284 g/mol. The van der Waals surface area contributed by atoms with Crippen molar-refractivity contribution in [2.24, 2.45) is 5.92 Å². The molecule has 5 nitrogen and oxygen atoms in total. The minimum atomic E-state index is -0.284. The summed E-state index contributed by atoms with van der Waals surface area (Å²) < 4.78 is 16.1. The molecule has 2 atom stereocenters. The molecule has 0 amide bonds. The van der Waals surface area contributed by atoms with Crippen LogP contribution in [0.15, 0.2) is 0 Å². The Balaban J connectivity index is 1.72. The van der Waals surface area contributed by atoms with Crippen molar-refractivity contribution in [2.45, 2.75) is 51.0 Å². The van der Waals surface area contributed by atoms with Gasteiger partial charge in [0.1, 0.15) is 5.78 Å². The van der Waals surface area contributed by atoms with Crippen molar-refractivity contribution in [3.8, 4) is 0 Å². The van der Waals surface area contributed by atoms with Crippen molar-refractivity contribution in [2.75, 3.05) is 26.4 Å². The van der Waals surface area contributed by atoms with Crippen molar-refractivity contribution in [1.29, 1.82) is 0 Å². The third-order valence-corrected chi connectivity index (χ3v) is 4.09. The SMILES string of the molecule is CCOC(=O)CCC(=O)CC1CCOC2(CCOC2)C1. The molecule has 5 heteroatoms. The molecule has 2 aliphatic rings. The molecule has 114 valence electrons. The fourth-order valence-corrected chi connectivity index (χ4v) is 3.07. The van der Waals surface area contributed by atoms with E-state index in [-0.39, 0.29) is 23.8 Å². The van der Waals surface area contributed by atoms with Gasteiger partial charge < -0.3 is 14.2 Å². The first-order chi connectivity index (χ1) is 9.63. The molecule has 20 heavy (non-hydrogen) atoms. The lowest BCUT2D eigenvalue weighted by Crippen LogP contribution is -2.40. The molecule has 0 radical (unpaired) electrons. The Labute approximate surface area is 120 Å². The number of ketones is 1. The molecule has 0 bridgehead atoms. The Morgan fingerprint density at radius 3 is 2.85 bits per heavy atom. The second kappa shape index (κ2) is 7.18. The van der Waals surface area contributed by atoms with Crippen LogP contribution in [0.2, 0.25) is 0 Å². The zero-order valence-electron chi connectivity index (χ0n) is 12.2. The summed E-state index contributed by atoms with van der Waals surface area (Å²) in [6.45, 7) is 4.25. The highest BCUT2D eigenvalue weighted by Crippen LogP contribution is 2.37. The van der Waals surface area contributed by atoms with Crippen LogP contribution in [-0.2, 0) is 23.8 Å². The lowest BCUT2D eigenvalue weighted by atomic mass is 9.82. The van der Waals surface area contributed by atoms with Gasteiger partial charge in [-0.1, -0.05) is 0 Å². The van der Waals surface area contributed by atoms with Crippen molar-refractivity contribution in [3.63, 3.8) is 0 Å². The van der Waals surface area contributed by atoms with Crippen LogP contribution in [0.4, 0.5) is 0 Å². The second-order valence-corrected chi connectivity index (χ2v) is 5.74. The van der Waals surface area contributed by atoms with E-state index >= 15 is 0 Å². The zero-order chi connectivity index (χ0) is 14.4. The van der Waals surface area contributed by atoms with Crippen LogP contribution in [0, 0.1) is 5.92 Å². The van der Waals surface area contributed by atoms with Gasteiger partial charge in [0.15, 0.2) is 0 Å². The number of carbonyl (C=O) groups excluding carboxylic acids is 2. The van der Waals surface area contributed by atoms with Crippen LogP contribution in [0.25, 0.3) is 0 Å². The average molecular weight is 284 g/mol. The molecule has 1 spiro atoms. The van der Waals surface area contributed by atoms with Crippen molar-refractivity contribution in [1.82, 2.24) is 0 Å². The highest BCUT2D eigenvalue weighted by atomic mass is 16.6. The number of ether oxygens (including phenoxy) is 3. The highest BCUT2D eigenvalue weighted by molar-refractivity contribution is 5.83. The van der Waals surface area contributed by atoms with Gasteiger partial charge in [-0.3, -0.25) is 9.59 Å². The van der Waals surface area contributed by atoms with Crippen LogP contribution in [0.1, 0.15) is 45.4 Å². The average Bonchev–Trinajstić information content (AvgIpc) is 2.85. The first-order valence-corrected chi connectivity index (χ1v) is 7.52. The van der Waals surface area contributed by atoms with Crippen molar-refractivity contribution >= 4 is 11.8 Å². The molecule has 0 N–H and O–H groups in total. The lowest BCUT2D eigenvalue weighted by Gasteiger charge is -2.36. The number of hydrogen-bond donors (Lipinski definition) is 0. The molecule has 2 heterocycles. The third kappa shape index (κ3) is 4.28. The summed E-state index contributed by atoms with van der Waals surface area (Å²) in [5.41, 5.74) is -0.148. The molecule has 2 unspecified atom stereocenters. The minimum absolute atomic E-state index is 0.148. The molecular formula is C15H24O5. The van der Waals surface area contributed by atoms with E-state index < -0.39 is 0 Å². The van der Waals surface area contributed by atoms with Gasteiger partial charge in [-0.2, -0.15) is 0 Å².